The third kappa shape index (κ3) is 3.35. The summed E-state index contributed by atoms with van der Waals surface area (Å²) in [4.78, 5) is 0. The first kappa shape index (κ1) is 16.2. The van der Waals surface area contributed by atoms with Crippen molar-refractivity contribution >= 4 is 12.6 Å². The SMILES string of the molecule is CC(C)(C)Oc1ccc(O)c(B2OC(C)(C)C(C)(C)O2)c1. The van der Waals surface area contributed by atoms with Crippen LogP contribution < -0.4 is 10.2 Å². The van der Waals surface area contributed by atoms with Gasteiger partial charge in [-0.2, -0.15) is 0 Å². The van der Waals surface area contributed by atoms with Gasteiger partial charge in [-0.05, 0) is 66.7 Å². The number of hydrogen-bond donors (Lipinski definition) is 1. The number of benzene rings is 1. The van der Waals surface area contributed by atoms with Crippen LogP contribution in [0, 0.1) is 0 Å². The van der Waals surface area contributed by atoms with Crippen molar-refractivity contribution in [2.24, 2.45) is 0 Å². The molecule has 0 saturated carbocycles. The molecule has 0 aliphatic carbocycles. The van der Waals surface area contributed by atoms with E-state index in [1.165, 1.54) is 0 Å². The number of hydrogen-bond acceptors (Lipinski definition) is 4. The topological polar surface area (TPSA) is 47.9 Å². The second-order valence-corrected chi connectivity index (χ2v) is 7.52. The van der Waals surface area contributed by atoms with Crippen molar-refractivity contribution < 1.29 is 19.2 Å². The van der Waals surface area contributed by atoms with E-state index in [4.69, 9.17) is 14.0 Å². The van der Waals surface area contributed by atoms with Crippen LogP contribution in [0.3, 0.4) is 0 Å². The van der Waals surface area contributed by atoms with E-state index in [0.29, 0.717) is 11.2 Å². The molecular weight excluding hydrogens is 267 g/mol. The first-order valence-corrected chi connectivity index (χ1v) is 7.29. The van der Waals surface area contributed by atoms with Crippen molar-refractivity contribution in [2.75, 3.05) is 0 Å². The zero-order chi connectivity index (χ0) is 16.1. The second kappa shape index (κ2) is 4.92. The van der Waals surface area contributed by atoms with Gasteiger partial charge in [-0.3, -0.25) is 0 Å². The third-order valence-corrected chi connectivity index (χ3v) is 3.93. The summed E-state index contributed by atoms with van der Waals surface area (Å²) in [5, 5.41) is 10.1. The molecular formula is C16H25BO4. The molecule has 1 aromatic rings. The van der Waals surface area contributed by atoms with E-state index in [-0.39, 0.29) is 11.4 Å². The number of phenolic OH excluding ortho intramolecular Hbond substituents is 1. The molecule has 1 fully saturated rings. The number of ether oxygens (including phenoxy) is 1. The molecule has 0 spiro atoms. The summed E-state index contributed by atoms with van der Waals surface area (Å²) >= 11 is 0. The third-order valence-electron chi connectivity index (χ3n) is 3.93. The summed E-state index contributed by atoms with van der Waals surface area (Å²) < 4.78 is 17.8. The summed E-state index contributed by atoms with van der Waals surface area (Å²) in [5.41, 5.74) is -0.587. The van der Waals surface area contributed by atoms with E-state index in [2.05, 4.69) is 0 Å². The van der Waals surface area contributed by atoms with E-state index < -0.39 is 18.3 Å². The Bertz CT molecular complexity index is 516. The lowest BCUT2D eigenvalue weighted by Crippen LogP contribution is -2.41. The molecule has 1 aliphatic heterocycles. The fraction of sp³-hybridized carbons (Fsp3) is 0.625. The predicted octanol–water partition coefficient (Wildman–Crippen LogP) is 2.87. The Kier molecular flexibility index (Phi) is 3.79. The fourth-order valence-electron chi connectivity index (χ4n) is 2.11. The van der Waals surface area contributed by atoms with Gasteiger partial charge in [0.2, 0.25) is 0 Å². The van der Waals surface area contributed by atoms with Gasteiger partial charge < -0.3 is 19.2 Å². The highest BCUT2D eigenvalue weighted by Gasteiger charge is 2.52. The van der Waals surface area contributed by atoms with E-state index in [1.807, 2.05) is 48.5 Å². The molecule has 1 saturated heterocycles. The Balaban J connectivity index is 2.31. The normalized spacial score (nSPS) is 20.6. The lowest BCUT2D eigenvalue weighted by molar-refractivity contribution is 0.00578. The zero-order valence-electron chi connectivity index (χ0n) is 14.0. The highest BCUT2D eigenvalue weighted by molar-refractivity contribution is 6.63. The van der Waals surface area contributed by atoms with Gasteiger partial charge in [-0.15, -0.1) is 0 Å². The van der Waals surface area contributed by atoms with E-state index in [9.17, 15) is 5.11 Å². The largest absolute Gasteiger partial charge is 0.508 e. The van der Waals surface area contributed by atoms with Crippen molar-refractivity contribution in [1.29, 1.82) is 0 Å². The highest BCUT2D eigenvalue weighted by Crippen LogP contribution is 2.37. The maximum Gasteiger partial charge on any atom is 0.498 e. The number of aromatic hydroxyl groups is 1. The van der Waals surface area contributed by atoms with Gasteiger partial charge in [0.05, 0.1) is 11.2 Å². The Morgan fingerprint density at radius 3 is 2.05 bits per heavy atom. The molecule has 0 aromatic heterocycles. The molecule has 1 aromatic carbocycles. The summed E-state index contributed by atoms with van der Waals surface area (Å²) in [6.07, 6.45) is 0. The predicted molar refractivity (Wildman–Crippen MR) is 84.2 cm³/mol. The van der Waals surface area contributed by atoms with E-state index in [1.54, 1.807) is 18.2 Å². The smallest absolute Gasteiger partial charge is 0.498 e. The van der Waals surface area contributed by atoms with E-state index in [0.717, 1.165) is 0 Å². The van der Waals surface area contributed by atoms with Gasteiger partial charge in [0.15, 0.2) is 0 Å². The van der Waals surface area contributed by atoms with Crippen LogP contribution in [-0.4, -0.2) is 29.0 Å². The Labute approximate surface area is 127 Å². The van der Waals surface area contributed by atoms with Crippen LogP contribution in [0.1, 0.15) is 48.5 Å². The lowest BCUT2D eigenvalue weighted by atomic mass is 9.78. The van der Waals surface area contributed by atoms with Crippen molar-refractivity contribution in [3.8, 4) is 11.5 Å². The van der Waals surface area contributed by atoms with Crippen LogP contribution in [0.4, 0.5) is 0 Å². The Hall–Kier alpha value is -1.20. The molecule has 0 atom stereocenters. The highest BCUT2D eigenvalue weighted by atomic mass is 16.7. The van der Waals surface area contributed by atoms with Crippen molar-refractivity contribution in [3.63, 3.8) is 0 Å². The standard InChI is InChI=1S/C16H25BO4/c1-14(2,3)19-11-8-9-13(18)12(10-11)17-20-15(4,5)16(6,7)21-17/h8-10,18H,1-7H3. The van der Waals surface area contributed by atoms with E-state index >= 15 is 0 Å². The molecule has 1 heterocycles. The molecule has 1 N–H and O–H groups in total. The molecule has 0 amide bonds. The van der Waals surface area contributed by atoms with Crippen molar-refractivity contribution in [3.05, 3.63) is 18.2 Å². The Morgan fingerprint density at radius 1 is 1.05 bits per heavy atom. The fourth-order valence-corrected chi connectivity index (χ4v) is 2.11. The zero-order valence-corrected chi connectivity index (χ0v) is 14.0. The second-order valence-electron chi connectivity index (χ2n) is 7.52. The monoisotopic (exact) mass is 292 g/mol. The van der Waals surface area contributed by atoms with Gasteiger partial charge in [0.25, 0.3) is 0 Å². The summed E-state index contributed by atoms with van der Waals surface area (Å²) in [5.74, 6) is 0.833. The molecule has 0 unspecified atom stereocenters. The first-order chi connectivity index (χ1) is 9.41. The molecule has 0 radical (unpaired) electrons. The van der Waals surface area contributed by atoms with Crippen molar-refractivity contribution in [1.82, 2.24) is 0 Å². The molecule has 0 bridgehead atoms. The van der Waals surface area contributed by atoms with Gasteiger partial charge in [0.1, 0.15) is 17.1 Å². The first-order valence-electron chi connectivity index (χ1n) is 7.29. The van der Waals surface area contributed by atoms with Gasteiger partial charge in [-0.25, -0.2) is 0 Å². The molecule has 116 valence electrons. The quantitative estimate of drug-likeness (QED) is 0.851. The number of phenols is 1. The molecule has 5 heteroatoms. The minimum absolute atomic E-state index is 0.148. The van der Waals surface area contributed by atoms with Crippen LogP contribution >= 0.6 is 0 Å². The molecule has 4 nitrogen and oxygen atoms in total. The van der Waals surface area contributed by atoms with Crippen molar-refractivity contribution in [2.45, 2.75) is 65.3 Å². The average molecular weight is 292 g/mol. The molecule has 2 rings (SSSR count). The van der Waals surface area contributed by atoms with Crippen LogP contribution in [0.15, 0.2) is 18.2 Å². The average Bonchev–Trinajstić information content (AvgIpc) is 2.49. The van der Waals surface area contributed by atoms with Crippen LogP contribution in [0.25, 0.3) is 0 Å². The summed E-state index contributed by atoms with van der Waals surface area (Å²) in [6, 6.07) is 5.14. The van der Waals surface area contributed by atoms with Crippen LogP contribution in [0.2, 0.25) is 0 Å². The Morgan fingerprint density at radius 2 is 1.57 bits per heavy atom. The van der Waals surface area contributed by atoms with Gasteiger partial charge >= 0.3 is 7.12 Å². The maximum absolute atomic E-state index is 10.1. The molecule has 21 heavy (non-hydrogen) atoms. The maximum atomic E-state index is 10.1. The van der Waals surface area contributed by atoms with Gasteiger partial charge in [-0.1, -0.05) is 0 Å². The lowest BCUT2D eigenvalue weighted by Gasteiger charge is -2.32. The minimum atomic E-state index is -0.599. The number of rotatable bonds is 2. The summed E-state index contributed by atoms with van der Waals surface area (Å²) in [7, 11) is -0.599. The molecule has 1 aliphatic rings. The van der Waals surface area contributed by atoms with Gasteiger partial charge in [0, 0.05) is 5.46 Å². The van der Waals surface area contributed by atoms with Crippen LogP contribution in [-0.2, 0) is 9.31 Å². The van der Waals surface area contributed by atoms with Crippen LogP contribution in [0.5, 0.6) is 11.5 Å². The summed E-state index contributed by atoms with van der Waals surface area (Å²) in [6.45, 7) is 13.9. The minimum Gasteiger partial charge on any atom is -0.508 e.